The van der Waals surface area contributed by atoms with Crippen LogP contribution in [0.25, 0.3) is 0 Å². The molecule has 0 aliphatic carbocycles. The number of benzene rings is 1. The molecule has 2 heterocycles. The standard InChI is InChI=1S/C17H18N2O5S2/c1-12(20)24-11-16(21)18-14-6-7-15-13(10-14)4-2-8-19(15)26(22,23)17-5-3-9-25-17/h3,5-7,9-10H,2,4,8,11H2,1H3,(H,18,21). The van der Waals surface area contributed by atoms with Gasteiger partial charge in [0.1, 0.15) is 4.21 Å². The largest absolute Gasteiger partial charge is 0.456 e. The minimum Gasteiger partial charge on any atom is -0.456 e. The van der Waals surface area contributed by atoms with E-state index in [1.54, 1.807) is 35.7 Å². The Bertz CT molecular complexity index is 923. The maximum absolute atomic E-state index is 12.8. The predicted octanol–water partition coefficient (Wildman–Crippen LogP) is 2.39. The van der Waals surface area contributed by atoms with Crippen LogP contribution >= 0.6 is 11.3 Å². The number of nitrogens with one attached hydrogen (secondary N) is 1. The van der Waals surface area contributed by atoms with Crippen molar-refractivity contribution in [3.63, 3.8) is 0 Å². The van der Waals surface area contributed by atoms with Gasteiger partial charge in [-0.05, 0) is 48.1 Å². The van der Waals surface area contributed by atoms with Crippen LogP contribution < -0.4 is 9.62 Å². The number of anilines is 2. The number of sulfonamides is 1. The summed E-state index contributed by atoms with van der Waals surface area (Å²) < 4.78 is 32.1. The average Bonchev–Trinajstić information content (AvgIpc) is 3.14. The zero-order valence-electron chi connectivity index (χ0n) is 14.1. The molecule has 9 heteroatoms. The van der Waals surface area contributed by atoms with Crippen molar-refractivity contribution in [1.29, 1.82) is 0 Å². The topological polar surface area (TPSA) is 92.8 Å². The number of nitrogens with zero attached hydrogens (tertiary/aromatic N) is 1. The van der Waals surface area contributed by atoms with E-state index in [2.05, 4.69) is 10.1 Å². The van der Waals surface area contributed by atoms with Gasteiger partial charge in [0.15, 0.2) is 6.61 Å². The van der Waals surface area contributed by atoms with Crippen molar-refractivity contribution in [2.24, 2.45) is 0 Å². The molecule has 1 amide bonds. The van der Waals surface area contributed by atoms with E-state index in [1.165, 1.54) is 22.6 Å². The average molecular weight is 394 g/mol. The first-order chi connectivity index (χ1) is 12.4. The summed E-state index contributed by atoms with van der Waals surface area (Å²) in [4.78, 5) is 22.5. The van der Waals surface area contributed by atoms with Crippen molar-refractivity contribution in [1.82, 2.24) is 0 Å². The lowest BCUT2D eigenvalue weighted by molar-refractivity contribution is -0.144. The van der Waals surface area contributed by atoms with E-state index in [1.807, 2.05) is 0 Å². The number of ether oxygens (including phenoxy) is 1. The lowest BCUT2D eigenvalue weighted by atomic mass is 10.0. The number of hydrogen-bond acceptors (Lipinski definition) is 6. The van der Waals surface area contributed by atoms with Crippen LogP contribution in [0.1, 0.15) is 18.9 Å². The van der Waals surface area contributed by atoms with Crippen LogP contribution in [-0.2, 0) is 30.8 Å². The molecule has 0 saturated heterocycles. The Labute approximate surface area is 155 Å². The molecular formula is C17H18N2O5S2. The van der Waals surface area contributed by atoms with Crippen molar-refractivity contribution >= 4 is 44.6 Å². The molecule has 1 aliphatic rings. The highest BCUT2D eigenvalue weighted by molar-refractivity contribution is 7.94. The zero-order valence-corrected chi connectivity index (χ0v) is 15.7. The minimum absolute atomic E-state index is 0.309. The van der Waals surface area contributed by atoms with Crippen LogP contribution in [0.3, 0.4) is 0 Å². The van der Waals surface area contributed by atoms with Crippen molar-refractivity contribution in [3.8, 4) is 0 Å². The zero-order chi connectivity index (χ0) is 18.7. The van der Waals surface area contributed by atoms with Gasteiger partial charge in [-0.15, -0.1) is 11.3 Å². The second-order valence-corrected chi connectivity index (χ2v) is 8.82. The van der Waals surface area contributed by atoms with Gasteiger partial charge in [0.05, 0.1) is 5.69 Å². The number of rotatable bonds is 5. The summed E-state index contributed by atoms with van der Waals surface area (Å²) in [5.74, 6) is -0.973. The number of thiophene rings is 1. The Morgan fingerprint density at radius 1 is 1.31 bits per heavy atom. The molecule has 1 N–H and O–H groups in total. The van der Waals surface area contributed by atoms with Crippen molar-refractivity contribution in [3.05, 3.63) is 41.3 Å². The third-order valence-electron chi connectivity index (χ3n) is 3.89. The molecule has 138 valence electrons. The fraction of sp³-hybridized carbons (Fsp3) is 0.294. The third-order valence-corrected chi connectivity index (χ3v) is 7.07. The predicted molar refractivity (Wildman–Crippen MR) is 98.9 cm³/mol. The van der Waals surface area contributed by atoms with Gasteiger partial charge in [-0.3, -0.25) is 13.9 Å². The van der Waals surface area contributed by atoms with Crippen molar-refractivity contribution in [2.45, 2.75) is 24.0 Å². The Balaban J connectivity index is 1.82. The number of amides is 1. The Kier molecular flexibility index (Phi) is 5.28. The normalized spacial score (nSPS) is 13.8. The number of carbonyl (C=O) groups is 2. The molecule has 1 aromatic carbocycles. The summed E-state index contributed by atoms with van der Waals surface area (Å²) in [5.41, 5.74) is 2.01. The molecule has 2 aromatic rings. The lowest BCUT2D eigenvalue weighted by Crippen LogP contribution is -2.35. The first-order valence-electron chi connectivity index (χ1n) is 8.00. The van der Waals surface area contributed by atoms with Gasteiger partial charge < -0.3 is 10.1 Å². The van der Waals surface area contributed by atoms with Crippen LogP contribution in [0.5, 0.6) is 0 Å². The number of esters is 1. The maximum Gasteiger partial charge on any atom is 0.303 e. The van der Waals surface area contributed by atoms with E-state index in [0.717, 1.165) is 12.0 Å². The van der Waals surface area contributed by atoms with Crippen LogP contribution in [0.4, 0.5) is 11.4 Å². The van der Waals surface area contributed by atoms with Crippen molar-refractivity contribution in [2.75, 3.05) is 22.8 Å². The quantitative estimate of drug-likeness (QED) is 0.786. The van der Waals surface area contributed by atoms with E-state index in [9.17, 15) is 18.0 Å². The number of fused-ring (bicyclic) bond motifs is 1. The molecule has 0 unspecified atom stereocenters. The fourth-order valence-electron chi connectivity index (χ4n) is 2.77. The smallest absolute Gasteiger partial charge is 0.303 e. The van der Waals surface area contributed by atoms with E-state index >= 15 is 0 Å². The van der Waals surface area contributed by atoms with E-state index < -0.39 is 21.9 Å². The lowest BCUT2D eigenvalue weighted by Gasteiger charge is -2.30. The van der Waals surface area contributed by atoms with Crippen molar-refractivity contribution < 1.29 is 22.7 Å². The minimum atomic E-state index is -3.58. The second-order valence-electron chi connectivity index (χ2n) is 5.78. The number of aryl methyl sites for hydroxylation is 1. The Morgan fingerprint density at radius 3 is 2.81 bits per heavy atom. The van der Waals surface area contributed by atoms with Gasteiger partial charge in [-0.25, -0.2) is 8.42 Å². The van der Waals surface area contributed by atoms with Gasteiger partial charge in [0.2, 0.25) is 0 Å². The van der Waals surface area contributed by atoms with Gasteiger partial charge in [0.25, 0.3) is 15.9 Å². The van der Waals surface area contributed by atoms with Crippen LogP contribution in [0.15, 0.2) is 39.9 Å². The first kappa shape index (κ1) is 18.4. The molecule has 26 heavy (non-hydrogen) atoms. The van der Waals surface area contributed by atoms with E-state index in [4.69, 9.17) is 0 Å². The molecule has 0 spiro atoms. The second kappa shape index (κ2) is 7.46. The summed E-state index contributed by atoms with van der Waals surface area (Å²) >= 11 is 1.19. The van der Waals surface area contributed by atoms with Crippen LogP contribution in [0.2, 0.25) is 0 Å². The molecule has 1 aliphatic heterocycles. The summed E-state index contributed by atoms with van der Waals surface area (Å²) in [7, 11) is -3.58. The third kappa shape index (κ3) is 3.88. The molecule has 1 aromatic heterocycles. The summed E-state index contributed by atoms with van der Waals surface area (Å²) in [5, 5.41) is 4.38. The summed E-state index contributed by atoms with van der Waals surface area (Å²) in [6.45, 7) is 1.30. The summed E-state index contributed by atoms with van der Waals surface area (Å²) in [6, 6.07) is 8.41. The molecule has 0 atom stereocenters. The Morgan fingerprint density at radius 2 is 2.12 bits per heavy atom. The van der Waals surface area contributed by atoms with E-state index in [0.29, 0.717) is 28.5 Å². The first-order valence-corrected chi connectivity index (χ1v) is 10.3. The molecule has 0 saturated carbocycles. The Hall–Kier alpha value is -2.39. The number of carbonyl (C=O) groups excluding carboxylic acids is 2. The van der Waals surface area contributed by atoms with Crippen LogP contribution in [-0.4, -0.2) is 33.4 Å². The van der Waals surface area contributed by atoms with Crippen LogP contribution in [0, 0.1) is 0 Å². The number of hydrogen-bond donors (Lipinski definition) is 1. The molecular weight excluding hydrogens is 376 g/mol. The fourth-order valence-corrected chi connectivity index (χ4v) is 5.42. The summed E-state index contributed by atoms with van der Waals surface area (Å²) in [6.07, 6.45) is 1.42. The van der Waals surface area contributed by atoms with Gasteiger partial charge in [-0.2, -0.15) is 0 Å². The molecule has 0 radical (unpaired) electrons. The van der Waals surface area contributed by atoms with Gasteiger partial charge in [0, 0.05) is 19.2 Å². The maximum atomic E-state index is 12.8. The molecule has 0 bridgehead atoms. The SMILES string of the molecule is CC(=O)OCC(=O)Nc1ccc2c(c1)CCCN2S(=O)(=O)c1cccs1. The molecule has 3 rings (SSSR count). The highest BCUT2D eigenvalue weighted by Gasteiger charge is 2.29. The molecule has 7 nitrogen and oxygen atoms in total. The highest BCUT2D eigenvalue weighted by atomic mass is 32.2. The highest BCUT2D eigenvalue weighted by Crippen LogP contribution is 2.34. The van der Waals surface area contributed by atoms with Gasteiger partial charge >= 0.3 is 5.97 Å². The molecule has 0 fully saturated rings. The van der Waals surface area contributed by atoms with Gasteiger partial charge in [-0.1, -0.05) is 6.07 Å². The monoisotopic (exact) mass is 394 g/mol. The van der Waals surface area contributed by atoms with E-state index in [-0.39, 0.29) is 6.61 Å².